The van der Waals surface area contributed by atoms with Crippen molar-refractivity contribution in [3.8, 4) is 6.07 Å². The lowest BCUT2D eigenvalue weighted by Gasteiger charge is -2.56. The van der Waals surface area contributed by atoms with Gasteiger partial charge < -0.3 is 9.84 Å². The molecule has 184 valence electrons. The molecule has 0 aromatic heterocycles. The minimum atomic E-state index is -0.607. The Morgan fingerprint density at radius 1 is 1.32 bits per heavy atom. The second-order valence-electron chi connectivity index (χ2n) is 12.1. The van der Waals surface area contributed by atoms with Crippen LogP contribution in [0.15, 0.2) is 28.5 Å². The normalized spacial score (nSPS) is 46.7. The first kappa shape index (κ1) is 23.8. The van der Waals surface area contributed by atoms with Crippen molar-refractivity contribution in [2.24, 2.45) is 45.5 Å². The van der Waals surface area contributed by atoms with E-state index in [1.54, 1.807) is 25.8 Å². The number of ketones is 1. The Labute approximate surface area is 203 Å². The molecule has 0 heterocycles. The number of hydrogen-bond donors (Lipinski definition) is 1. The maximum atomic E-state index is 13.4. The van der Waals surface area contributed by atoms with Crippen LogP contribution in [0.3, 0.4) is 0 Å². The van der Waals surface area contributed by atoms with Crippen LogP contribution in [0.25, 0.3) is 0 Å². The van der Waals surface area contributed by atoms with Crippen LogP contribution in [0.2, 0.25) is 0 Å². The molecule has 34 heavy (non-hydrogen) atoms. The topological polar surface area (TPSA) is 85.9 Å². The number of carbonyl (C=O) groups excluding carboxylic acids is 1. The van der Waals surface area contributed by atoms with Crippen molar-refractivity contribution in [2.45, 2.75) is 77.4 Å². The maximum Gasteiger partial charge on any atom is 0.157 e. The lowest BCUT2D eigenvalue weighted by molar-refractivity contribution is -0.127. The van der Waals surface area contributed by atoms with E-state index in [1.807, 2.05) is 0 Å². The highest BCUT2D eigenvalue weighted by atomic mass is 16.5. The molecule has 6 nitrogen and oxygen atoms in total. The molecule has 5 aliphatic rings. The Balaban J connectivity index is 1.37. The Hall–Kier alpha value is -1.97. The summed E-state index contributed by atoms with van der Waals surface area (Å²) in [5.74, 6) is 2.05. The lowest BCUT2D eigenvalue weighted by Crippen LogP contribution is -2.49. The molecule has 0 aromatic carbocycles. The van der Waals surface area contributed by atoms with E-state index in [0.717, 1.165) is 44.9 Å². The molecule has 0 saturated heterocycles. The lowest BCUT2D eigenvalue weighted by atomic mass is 9.48. The number of allylic oxidation sites excluding steroid dienone is 3. The highest BCUT2D eigenvalue weighted by Crippen LogP contribution is 2.71. The summed E-state index contributed by atoms with van der Waals surface area (Å²) in [6, 6.07) is 2.09. The quantitative estimate of drug-likeness (QED) is 0.271. The van der Waals surface area contributed by atoms with Crippen LogP contribution in [0.5, 0.6) is 0 Å². The number of nitriles is 1. The fraction of sp³-hybridized carbons (Fsp3) is 0.750. The van der Waals surface area contributed by atoms with E-state index in [1.165, 1.54) is 5.01 Å². The van der Waals surface area contributed by atoms with E-state index >= 15 is 0 Å². The van der Waals surface area contributed by atoms with Crippen LogP contribution in [0.1, 0.15) is 65.7 Å². The molecule has 4 saturated carbocycles. The molecule has 6 heteroatoms. The van der Waals surface area contributed by atoms with Gasteiger partial charge in [-0.1, -0.05) is 25.5 Å². The Morgan fingerprint density at radius 3 is 2.74 bits per heavy atom. The zero-order valence-electron chi connectivity index (χ0n) is 21.1. The molecule has 5 aliphatic carbocycles. The SMILES string of the molecule is C=NN(/C=C(\C)C#N)CC(=O)[C@H]1CC[C@H]2[C@@H]3CC[C@@H]4C5[C@@H](OC)[C@@]5(O)CC[C@]4(C)C3=CC[C@]12C. The van der Waals surface area contributed by atoms with E-state index in [9.17, 15) is 9.90 Å². The zero-order chi connectivity index (χ0) is 24.5. The van der Waals surface area contributed by atoms with E-state index in [-0.39, 0.29) is 41.1 Å². The van der Waals surface area contributed by atoms with Crippen molar-refractivity contribution in [1.82, 2.24) is 5.01 Å². The van der Waals surface area contributed by atoms with E-state index in [0.29, 0.717) is 23.3 Å². The number of hydrazone groups is 1. The minimum absolute atomic E-state index is 0.000973. The fourth-order valence-electron chi connectivity index (χ4n) is 9.01. The van der Waals surface area contributed by atoms with Gasteiger partial charge >= 0.3 is 0 Å². The highest BCUT2D eigenvalue weighted by Gasteiger charge is 2.74. The number of rotatable bonds is 6. The van der Waals surface area contributed by atoms with Crippen LogP contribution < -0.4 is 0 Å². The molecule has 0 aromatic rings. The Morgan fingerprint density at radius 2 is 2.06 bits per heavy atom. The fourth-order valence-corrected chi connectivity index (χ4v) is 9.01. The van der Waals surface area contributed by atoms with Gasteiger partial charge in [-0.05, 0) is 80.5 Å². The summed E-state index contributed by atoms with van der Waals surface area (Å²) in [4.78, 5) is 13.4. The molecular formula is C28H39N3O3. The van der Waals surface area contributed by atoms with Gasteiger partial charge in [0, 0.05) is 37.4 Å². The van der Waals surface area contributed by atoms with Crippen LogP contribution in [0.4, 0.5) is 0 Å². The number of ether oxygens (including phenoxy) is 1. The minimum Gasteiger partial charge on any atom is -0.387 e. The average Bonchev–Trinajstić information content (AvgIpc) is 3.26. The second-order valence-corrected chi connectivity index (χ2v) is 12.1. The summed E-state index contributed by atoms with van der Waals surface area (Å²) < 4.78 is 5.69. The van der Waals surface area contributed by atoms with Crippen LogP contribution >= 0.6 is 0 Å². The number of methoxy groups -OCH3 is 1. The van der Waals surface area contributed by atoms with Crippen LogP contribution in [-0.4, -0.2) is 48.0 Å². The Kier molecular flexibility index (Phi) is 5.61. The van der Waals surface area contributed by atoms with Gasteiger partial charge in [-0.2, -0.15) is 10.4 Å². The van der Waals surface area contributed by atoms with Crippen molar-refractivity contribution in [2.75, 3.05) is 13.7 Å². The summed E-state index contributed by atoms with van der Waals surface area (Å²) in [7, 11) is 1.74. The van der Waals surface area contributed by atoms with Crippen LogP contribution in [-0.2, 0) is 9.53 Å². The molecule has 0 amide bonds. The van der Waals surface area contributed by atoms with E-state index < -0.39 is 5.60 Å². The average molecular weight is 466 g/mol. The molecule has 1 unspecified atom stereocenters. The molecule has 0 bridgehead atoms. The van der Waals surface area contributed by atoms with Crippen molar-refractivity contribution >= 4 is 12.5 Å². The van der Waals surface area contributed by atoms with Crippen molar-refractivity contribution in [1.29, 1.82) is 5.26 Å². The first-order valence-corrected chi connectivity index (χ1v) is 12.9. The second kappa shape index (κ2) is 8.03. The zero-order valence-corrected chi connectivity index (χ0v) is 21.1. The Bertz CT molecular complexity index is 997. The number of aliphatic hydroxyl groups is 1. The smallest absolute Gasteiger partial charge is 0.157 e. The van der Waals surface area contributed by atoms with Crippen molar-refractivity contribution < 1.29 is 14.6 Å². The summed E-state index contributed by atoms with van der Waals surface area (Å²) in [6.45, 7) is 10.2. The largest absolute Gasteiger partial charge is 0.387 e. The molecule has 9 atom stereocenters. The molecule has 4 fully saturated rings. The summed E-state index contributed by atoms with van der Waals surface area (Å²) in [5.41, 5.74) is 1.63. The van der Waals surface area contributed by atoms with Gasteiger partial charge in [0.2, 0.25) is 0 Å². The van der Waals surface area contributed by atoms with Gasteiger partial charge in [0.05, 0.1) is 24.3 Å². The van der Waals surface area contributed by atoms with Crippen molar-refractivity contribution in [3.63, 3.8) is 0 Å². The number of hydrogen-bond acceptors (Lipinski definition) is 6. The molecule has 1 N–H and O–H groups in total. The van der Waals surface area contributed by atoms with Gasteiger partial charge in [0.25, 0.3) is 0 Å². The summed E-state index contributed by atoms with van der Waals surface area (Å²) >= 11 is 0. The predicted octanol–water partition coefficient (Wildman–Crippen LogP) is 4.47. The maximum absolute atomic E-state index is 13.4. The van der Waals surface area contributed by atoms with Gasteiger partial charge in [0.1, 0.15) is 0 Å². The van der Waals surface area contributed by atoms with Gasteiger partial charge in [-0.3, -0.25) is 9.80 Å². The first-order valence-electron chi connectivity index (χ1n) is 12.9. The third-order valence-electron chi connectivity index (χ3n) is 10.7. The third kappa shape index (κ3) is 3.19. The molecular weight excluding hydrogens is 426 g/mol. The van der Waals surface area contributed by atoms with E-state index in [2.05, 4.69) is 37.8 Å². The predicted molar refractivity (Wildman–Crippen MR) is 130 cm³/mol. The number of Topliss-reactive ketones (excluding diaryl/α,β-unsaturated/α-hetero) is 1. The van der Waals surface area contributed by atoms with Gasteiger partial charge in [-0.15, -0.1) is 0 Å². The highest BCUT2D eigenvalue weighted by molar-refractivity contribution is 5.84. The van der Waals surface area contributed by atoms with Crippen LogP contribution in [0, 0.1) is 51.8 Å². The summed E-state index contributed by atoms with van der Waals surface area (Å²) in [6.07, 6.45) is 11.2. The monoisotopic (exact) mass is 465 g/mol. The van der Waals surface area contributed by atoms with Crippen molar-refractivity contribution in [3.05, 3.63) is 23.4 Å². The molecule has 0 radical (unpaired) electrons. The van der Waals surface area contributed by atoms with Gasteiger partial charge in [-0.25, -0.2) is 0 Å². The molecule has 0 spiro atoms. The standard InChI is InChI=1S/C28H39N3O3/c1-17(14-29)15-31(30-4)16-23(32)21-9-8-19-18-6-7-22-24-25(34-5)28(24,33)13-12-27(22,3)20(18)10-11-26(19,21)2/h10,15,18-19,21-22,24-25,33H,4,6-9,11-13,16H2,1-3,5H3/b17-15+/t18-,19-,21+,22+,24?,25+,26-,27+,28+/m0/s1. The number of nitrogens with zero attached hydrogens (tertiary/aromatic N) is 3. The number of carbonyl (C=O) groups is 1. The first-order chi connectivity index (χ1) is 16.1. The number of fused-ring (bicyclic) bond motifs is 7. The van der Waals surface area contributed by atoms with Gasteiger partial charge in [0.15, 0.2) is 5.78 Å². The van der Waals surface area contributed by atoms with E-state index in [4.69, 9.17) is 10.00 Å². The summed E-state index contributed by atoms with van der Waals surface area (Å²) in [5, 5.41) is 25.6. The molecule has 5 rings (SSSR count). The molecule has 0 aliphatic heterocycles. The third-order valence-corrected chi connectivity index (χ3v) is 10.7.